The molecule has 1 aliphatic rings. The molecule has 4 nitrogen and oxygen atoms in total. The van der Waals surface area contributed by atoms with Gasteiger partial charge in [-0.2, -0.15) is 0 Å². The number of carbonyl (C=O) groups excluding carboxylic acids is 2. The summed E-state index contributed by atoms with van der Waals surface area (Å²) >= 11 is 8.03. The molecular weight excluding hydrogens is 405 g/mol. The number of hydrogen-bond acceptors (Lipinski definition) is 3. The fourth-order valence-electron chi connectivity index (χ4n) is 2.44. The Bertz CT molecular complexity index is 534. The average molecular weight is 422 g/mol. The summed E-state index contributed by atoms with van der Waals surface area (Å²) in [6.07, 6.45) is 0.647. The Hall–Kier alpha value is -0.820. The molecule has 0 spiro atoms. The van der Waals surface area contributed by atoms with Crippen molar-refractivity contribution in [2.75, 3.05) is 24.1 Å². The normalized spacial score (nSPS) is 21.4. The van der Waals surface area contributed by atoms with Crippen LogP contribution >= 0.6 is 34.2 Å². The number of likely N-dealkylation sites (tertiary alicyclic amines) is 1. The van der Waals surface area contributed by atoms with Crippen LogP contribution in [-0.2, 0) is 9.53 Å². The maximum Gasteiger partial charge on any atom is 0.314 e. The van der Waals surface area contributed by atoms with E-state index in [4.69, 9.17) is 16.3 Å². The van der Waals surface area contributed by atoms with Crippen molar-refractivity contribution >= 4 is 46.1 Å². The Morgan fingerprint density at radius 1 is 1.38 bits per heavy atom. The van der Waals surface area contributed by atoms with Crippen molar-refractivity contribution in [3.63, 3.8) is 0 Å². The molecule has 114 valence electrons. The van der Waals surface area contributed by atoms with Crippen molar-refractivity contribution in [2.24, 2.45) is 5.41 Å². The molecule has 0 saturated carbocycles. The van der Waals surface area contributed by atoms with Gasteiger partial charge in [0.1, 0.15) is 0 Å². The molecule has 1 aromatic rings. The first-order valence-corrected chi connectivity index (χ1v) is 8.71. The summed E-state index contributed by atoms with van der Waals surface area (Å²) in [4.78, 5) is 26.4. The van der Waals surface area contributed by atoms with E-state index in [2.05, 4.69) is 22.6 Å². The van der Waals surface area contributed by atoms with Crippen LogP contribution < -0.4 is 0 Å². The van der Waals surface area contributed by atoms with Gasteiger partial charge in [-0.15, -0.1) is 0 Å². The van der Waals surface area contributed by atoms with Gasteiger partial charge in [0.25, 0.3) is 5.91 Å². The number of alkyl halides is 1. The van der Waals surface area contributed by atoms with Gasteiger partial charge in [0.05, 0.1) is 12.0 Å². The van der Waals surface area contributed by atoms with Gasteiger partial charge in [0, 0.05) is 28.1 Å². The van der Waals surface area contributed by atoms with Crippen LogP contribution in [0, 0.1) is 5.41 Å². The zero-order valence-electron chi connectivity index (χ0n) is 11.8. The van der Waals surface area contributed by atoms with Crippen molar-refractivity contribution in [3.8, 4) is 0 Å². The van der Waals surface area contributed by atoms with Crippen LogP contribution in [0.3, 0.4) is 0 Å². The molecular formula is C15H17ClINO3. The fraction of sp³-hybridized carbons (Fsp3) is 0.467. The molecule has 0 radical (unpaired) electrons. The highest BCUT2D eigenvalue weighted by molar-refractivity contribution is 14.1. The SMILES string of the molecule is CCOC(=O)C1(CI)CCN(C(=O)c2ccc(Cl)cc2)C1. The highest BCUT2D eigenvalue weighted by Gasteiger charge is 2.46. The Morgan fingerprint density at radius 3 is 2.62 bits per heavy atom. The Morgan fingerprint density at radius 2 is 2.05 bits per heavy atom. The van der Waals surface area contributed by atoms with Gasteiger partial charge in [-0.05, 0) is 37.6 Å². The second-order valence-corrected chi connectivity index (χ2v) is 6.32. The van der Waals surface area contributed by atoms with Gasteiger partial charge < -0.3 is 9.64 Å². The van der Waals surface area contributed by atoms with Crippen molar-refractivity contribution in [2.45, 2.75) is 13.3 Å². The van der Waals surface area contributed by atoms with Crippen LogP contribution in [0.25, 0.3) is 0 Å². The molecule has 0 N–H and O–H groups in total. The second kappa shape index (κ2) is 6.96. The van der Waals surface area contributed by atoms with Crippen LogP contribution in [0.5, 0.6) is 0 Å². The topological polar surface area (TPSA) is 46.6 Å². The summed E-state index contributed by atoms with van der Waals surface area (Å²) in [7, 11) is 0. The number of amides is 1. The highest BCUT2D eigenvalue weighted by atomic mass is 127. The van der Waals surface area contributed by atoms with E-state index in [1.54, 1.807) is 36.1 Å². The van der Waals surface area contributed by atoms with Gasteiger partial charge in [0.15, 0.2) is 0 Å². The molecule has 0 aromatic heterocycles. The number of carbonyl (C=O) groups is 2. The first-order chi connectivity index (χ1) is 10.0. The standard InChI is InChI=1S/C15H17ClINO3/c1-2-21-14(20)15(9-17)7-8-18(10-15)13(19)11-3-5-12(16)6-4-11/h3-6H,2,7-10H2,1H3. The van der Waals surface area contributed by atoms with Crippen LogP contribution in [0.1, 0.15) is 23.7 Å². The lowest BCUT2D eigenvalue weighted by Gasteiger charge is -2.24. The summed E-state index contributed by atoms with van der Waals surface area (Å²) in [5, 5.41) is 0.598. The second-order valence-electron chi connectivity index (χ2n) is 5.12. The Kier molecular flexibility index (Phi) is 5.48. The van der Waals surface area contributed by atoms with Crippen molar-refractivity contribution in [1.82, 2.24) is 4.90 Å². The van der Waals surface area contributed by atoms with Crippen LogP contribution in [0.4, 0.5) is 0 Å². The van der Waals surface area contributed by atoms with E-state index >= 15 is 0 Å². The monoisotopic (exact) mass is 421 g/mol. The summed E-state index contributed by atoms with van der Waals surface area (Å²) in [5.41, 5.74) is 0.0195. The Balaban J connectivity index is 2.12. The first kappa shape index (κ1) is 16.5. The number of hydrogen-bond donors (Lipinski definition) is 0. The predicted octanol–water partition coefficient (Wildman–Crippen LogP) is 3.17. The summed E-state index contributed by atoms with van der Waals surface area (Å²) in [6, 6.07) is 6.81. The van der Waals surface area contributed by atoms with Crippen LogP contribution in [0.15, 0.2) is 24.3 Å². The molecule has 1 amide bonds. The number of esters is 1. The maximum atomic E-state index is 12.5. The van der Waals surface area contributed by atoms with E-state index in [-0.39, 0.29) is 11.9 Å². The van der Waals surface area contributed by atoms with Crippen molar-refractivity contribution in [1.29, 1.82) is 0 Å². The third-order valence-corrected chi connectivity index (χ3v) is 5.41. The highest BCUT2D eigenvalue weighted by Crippen LogP contribution is 2.35. The molecule has 2 rings (SSSR count). The smallest absolute Gasteiger partial charge is 0.314 e. The van der Waals surface area contributed by atoms with Gasteiger partial charge in [-0.3, -0.25) is 9.59 Å². The third kappa shape index (κ3) is 3.51. The van der Waals surface area contributed by atoms with Gasteiger partial charge in [-0.1, -0.05) is 34.2 Å². The van der Waals surface area contributed by atoms with Crippen LogP contribution in [0.2, 0.25) is 5.02 Å². The third-order valence-electron chi connectivity index (χ3n) is 3.70. The van der Waals surface area contributed by atoms with Gasteiger partial charge >= 0.3 is 5.97 Å². The molecule has 1 atom stereocenters. The molecule has 0 aliphatic carbocycles. The van der Waals surface area contributed by atoms with E-state index in [1.165, 1.54) is 0 Å². The minimum absolute atomic E-state index is 0.0670. The molecule has 0 bridgehead atoms. The van der Waals surface area contributed by atoms with E-state index in [0.717, 1.165) is 0 Å². The minimum atomic E-state index is -0.571. The van der Waals surface area contributed by atoms with E-state index < -0.39 is 5.41 Å². The summed E-state index contributed by atoms with van der Waals surface area (Å²) < 4.78 is 5.82. The fourth-order valence-corrected chi connectivity index (χ4v) is 3.50. The molecule has 21 heavy (non-hydrogen) atoms. The lowest BCUT2D eigenvalue weighted by atomic mass is 9.90. The Labute approximate surface area is 142 Å². The van der Waals surface area contributed by atoms with Crippen molar-refractivity contribution in [3.05, 3.63) is 34.9 Å². The number of ether oxygens (including phenoxy) is 1. The van der Waals surface area contributed by atoms with E-state index in [0.29, 0.717) is 41.1 Å². The van der Waals surface area contributed by atoms with Gasteiger partial charge in [-0.25, -0.2) is 0 Å². The minimum Gasteiger partial charge on any atom is -0.465 e. The first-order valence-electron chi connectivity index (χ1n) is 6.80. The molecule has 1 heterocycles. The average Bonchev–Trinajstić information content (AvgIpc) is 2.93. The lowest BCUT2D eigenvalue weighted by Crippen LogP contribution is -2.39. The molecule has 1 saturated heterocycles. The summed E-state index contributed by atoms with van der Waals surface area (Å²) in [6.45, 7) is 3.15. The van der Waals surface area contributed by atoms with E-state index in [1.807, 2.05) is 0 Å². The number of benzene rings is 1. The lowest BCUT2D eigenvalue weighted by molar-refractivity contribution is -0.153. The predicted molar refractivity (Wildman–Crippen MR) is 89.9 cm³/mol. The summed E-state index contributed by atoms with van der Waals surface area (Å²) in [5.74, 6) is -0.270. The van der Waals surface area contributed by atoms with Gasteiger partial charge in [0.2, 0.25) is 0 Å². The molecule has 1 aliphatic heterocycles. The van der Waals surface area contributed by atoms with E-state index in [9.17, 15) is 9.59 Å². The molecule has 1 unspecified atom stereocenters. The molecule has 6 heteroatoms. The number of halogens is 2. The van der Waals surface area contributed by atoms with Crippen LogP contribution in [-0.4, -0.2) is 40.9 Å². The largest absolute Gasteiger partial charge is 0.465 e. The molecule has 1 aromatic carbocycles. The van der Waals surface area contributed by atoms with Crippen molar-refractivity contribution < 1.29 is 14.3 Å². The number of rotatable bonds is 4. The zero-order valence-corrected chi connectivity index (χ0v) is 14.7. The maximum absolute atomic E-state index is 12.5. The molecule has 1 fully saturated rings. The zero-order chi connectivity index (χ0) is 15.5. The number of nitrogens with zero attached hydrogens (tertiary/aromatic N) is 1. The quantitative estimate of drug-likeness (QED) is 0.426.